The molecule has 2 aliphatic rings. The quantitative estimate of drug-likeness (QED) is 0.0176. The zero-order chi connectivity index (χ0) is 65.0. The van der Waals surface area contributed by atoms with Crippen molar-refractivity contribution in [2.45, 2.75) is 101 Å². The van der Waals surface area contributed by atoms with Gasteiger partial charge in [-0.25, -0.2) is 0 Å². The maximum Gasteiger partial charge on any atom is 0.303 e. The number of aliphatic carboxylic acids is 1. The lowest BCUT2D eigenvalue weighted by Crippen LogP contribution is -2.34. The van der Waals surface area contributed by atoms with E-state index in [9.17, 15) is 92.2 Å². The van der Waals surface area contributed by atoms with Gasteiger partial charge in [0.05, 0.1) is 52.6 Å². The number of benzene rings is 5. The number of carbonyl (C=O) groups excluding carboxylic acids is 2. The van der Waals surface area contributed by atoms with E-state index in [-0.39, 0.29) is 90.5 Å². The number of rotatable bonds is 28. The highest BCUT2D eigenvalue weighted by molar-refractivity contribution is 7.87. The van der Waals surface area contributed by atoms with Crippen molar-refractivity contribution in [1.29, 1.82) is 0 Å². The van der Waals surface area contributed by atoms with Crippen LogP contribution in [-0.2, 0) is 92.9 Å². The fourth-order valence-electron chi connectivity index (χ4n) is 8.89. The third-order valence-electron chi connectivity index (χ3n) is 13.1. The molecule has 0 aromatic heterocycles. The summed E-state index contributed by atoms with van der Waals surface area (Å²) in [6.45, 7) is 6.26. The number of carboxylic acids is 1. The first-order chi connectivity index (χ1) is 40.0. The van der Waals surface area contributed by atoms with Gasteiger partial charge in [0.15, 0.2) is 0 Å². The van der Waals surface area contributed by atoms with E-state index in [1.54, 1.807) is 13.8 Å². The molecule has 0 fully saturated rings. The monoisotopic (exact) mass is 1330 g/mol. The Morgan fingerprint density at radius 1 is 0.655 bits per heavy atom. The largest absolute Gasteiger partial charge is 0.481 e. The number of carboxylic acid groups (broad SMARTS) is 1. The van der Waals surface area contributed by atoms with E-state index < -0.39 is 148 Å². The van der Waals surface area contributed by atoms with Gasteiger partial charge < -0.3 is 34.5 Å². The van der Waals surface area contributed by atoms with E-state index in [2.05, 4.69) is 15.6 Å². The summed E-state index contributed by atoms with van der Waals surface area (Å²) in [4.78, 5) is 37.9. The van der Waals surface area contributed by atoms with Crippen LogP contribution in [0, 0.1) is 5.41 Å². The summed E-state index contributed by atoms with van der Waals surface area (Å²) in [7, 11) is -30.1. The summed E-state index contributed by atoms with van der Waals surface area (Å²) in [5.41, 5.74) is -3.86. The minimum atomic E-state index is -5.43. The Morgan fingerprint density at radius 3 is 1.80 bits per heavy atom. The van der Waals surface area contributed by atoms with E-state index >= 15 is 0 Å². The second kappa shape index (κ2) is 26.5. The van der Waals surface area contributed by atoms with Gasteiger partial charge in [-0.15, -0.1) is 0 Å². The molecule has 9 N–H and O–H groups in total. The molecule has 87 heavy (non-hydrogen) atoms. The minimum absolute atomic E-state index is 0.0472. The molecule has 4 aromatic carbocycles. The van der Waals surface area contributed by atoms with Crippen molar-refractivity contribution in [3.05, 3.63) is 107 Å². The van der Waals surface area contributed by atoms with Crippen LogP contribution in [0.1, 0.15) is 74.9 Å². The molecule has 29 nitrogen and oxygen atoms in total. The lowest BCUT2D eigenvalue weighted by Gasteiger charge is -2.27. The van der Waals surface area contributed by atoms with Crippen molar-refractivity contribution >= 4 is 95.1 Å². The maximum absolute atomic E-state index is 14.6. The van der Waals surface area contributed by atoms with E-state index in [1.807, 2.05) is 13.8 Å². The third-order valence-corrected chi connectivity index (χ3v) is 18.5. The highest BCUT2D eigenvalue weighted by Gasteiger charge is 2.31. The number of nitrogens with zero attached hydrogens (tertiary/aromatic N) is 2. The molecule has 2 amide bonds. The molecule has 0 saturated carbocycles. The molecule has 0 bridgehead atoms. The highest BCUT2D eigenvalue weighted by Crippen LogP contribution is 2.44. The Kier molecular flexibility index (Phi) is 21.1. The molecule has 1 aliphatic carbocycles. The van der Waals surface area contributed by atoms with Crippen LogP contribution in [-0.4, -0.2) is 151 Å². The van der Waals surface area contributed by atoms with Crippen LogP contribution in [0.25, 0.3) is 33.4 Å². The molecular formula is C52H60N4O25S6. The van der Waals surface area contributed by atoms with Crippen LogP contribution >= 0.6 is 0 Å². The number of hydrogen-bond acceptors (Lipinski definition) is 20. The molecule has 6 rings (SSSR count). The lowest BCUT2D eigenvalue weighted by atomic mass is 9.90. The predicted molar refractivity (Wildman–Crippen MR) is 307 cm³/mol. The van der Waals surface area contributed by atoms with Gasteiger partial charge in [0.1, 0.15) is 30.9 Å². The van der Waals surface area contributed by atoms with Gasteiger partial charge in [-0.3, -0.25) is 46.7 Å². The maximum atomic E-state index is 14.6. The molecule has 4 aromatic rings. The van der Waals surface area contributed by atoms with Crippen molar-refractivity contribution < 1.29 is 111 Å². The number of fused-ring (bicyclic) bond motifs is 2. The smallest absolute Gasteiger partial charge is 0.303 e. The van der Waals surface area contributed by atoms with Crippen LogP contribution in [0.5, 0.6) is 0 Å². The first kappa shape index (κ1) is 69.3. The second-order valence-electron chi connectivity index (χ2n) is 21.1. The number of hydrogen-bond donors (Lipinski definition) is 9. The van der Waals surface area contributed by atoms with Gasteiger partial charge >= 0.3 is 5.97 Å². The molecule has 0 radical (unpaired) electrons. The van der Waals surface area contributed by atoms with Crippen molar-refractivity contribution in [1.82, 2.24) is 10.2 Å². The summed E-state index contributed by atoms with van der Waals surface area (Å²) in [5.74, 6) is -2.44. The summed E-state index contributed by atoms with van der Waals surface area (Å²) in [5, 5.41) is 13.4. The first-order valence-corrected chi connectivity index (χ1v) is 34.1. The molecule has 35 heteroatoms. The van der Waals surface area contributed by atoms with Gasteiger partial charge in [-0.05, 0) is 91.3 Å². The lowest BCUT2D eigenvalue weighted by molar-refractivity contribution is -0.140. The molecule has 0 atom stereocenters. The van der Waals surface area contributed by atoms with Crippen LogP contribution < -0.4 is 16.0 Å². The number of amides is 2. The molecule has 0 unspecified atom stereocenters. The predicted octanol–water partition coefficient (Wildman–Crippen LogP) is 5.07. The number of anilines is 1. The molecule has 0 saturated heterocycles. The standard InChI is InChI=1S/C52H60N4O25S6/c1-51(2,27-48(58)59)30-79-19-16-52(3,4)80-20-17-53-47(57)11-8-18-56(5)50(60)36-10-7-6-9-35(36)49-37-23-45(86(73,74)75)39(54-28-31-12-14-33(82(61,62)63)21-43(31)84(67,68)69)25-41(37)81-42-26-40(46(24-38(42)49)87(76,77)78)55-29-32-13-15-34(83(64,65)66)22-44(32)85(70,71)72/h6-7,9-10,12-15,21-26,54H,8,11,16-20,27-30H2,1-5H3,(H,53,57)(H,58,59)(H,61,62,63)(H,64,65,66)(H,67,68,69)(H,70,71,72)(H,73,74,75)(H,76,77,78). The van der Waals surface area contributed by atoms with Crippen LogP contribution in [0.3, 0.4) is 0 Å². The Hall–Kier alpha value is -6.84. The summed E-state index contributed by atoms with van der Waals surface area (Å²) >= 11 is 0. The SMILES string of the molecule is CN(CCCC(=O)NCCOC(C)(C)CCOCC(C)(C)CC(=O)O)C(=O)c1ccccc1-c1c2cc(S(=O)(=O)O)c(=NCc3ccc(S(=O)(=O)O)cc3S(=O)(=O)O)cc-2oc2cc(NCc3ccc(S(=O)(=O)O)cc3S(=O)(=O)O)c(S(=O)(=O)O)cc12. The van der Waals surface area contributed by atoms with Crippen molar-refractivity contribution in [2.75, 3.05) is 45.3 Å². The van der Waals surface area contributed by atoms with Crippen molar-refractivity contribution in [3.63, 3.8) is 0 Å². The normalized spacial score (nSPS) is 13.3. The van der Waals surface area contributed by atoms with Crippen LogP contribution in [0.2, 0.25) is 0 Å². The first-order valence-electron chi connectivity index (χ1n) is 25.5. The average molecular weight is 1330 g/mol. The number of nitrogens with one attached hydrogen (secondary N) is 2. The Bertz CT molecular complexity index is 4430. The fraction of sp³-hybridized carbons (Fsp3) is 0.346. The third kappa shape index (κ3) is 18.4. The molecule has 474 valence electrons. The summed E-state index contributed by atoms with van der Waals surface area (Å²) in [6.07, 6.45) is 0.438. The Balaban J connectivity index is 1.41. The molecule has 1 heterocycles. The summed E-state index contributed by atoms with van der Waals surface area (Å²) in [6, 6.07) is 13.0. The van der Waals surface area contributed by atoms with Crippen LogP contribution in [0.4, 0.5) is 5.69 Å². The fourth-order valence-corrected chi connectivity index (χ4v) is 12.9. The topological polar surface area (TPSA) is 469 Å². The minimum Gasteiger partial charge on any atom is -0.481 e. The van der Waals surface area contributed by atoms with E-state index in [0.717, 1.165) is 48.5 Å². The highest BCUT2D eigenvalue weighted by atomic mass is 32.2. The van der Waals surface area contributed by atoms with Gasteiger partial charge in [-0.2, -0.15) is 50.5 Å². The zero-order valence-corrected chi connectivity index (χ0v) is 51.6. The Labute approximate surface area is 500 Å². The van der Waals surface area contributed by atoms with Gasteiger partial charge in [0, 0.05) is 73.9 Å². The van der Waals surface area contributed by atoms with Crippen molar-refractivity contribution in [3.8, 4) is 22.5 Å². The molecular weight excluding hydrogens is 1270 g/mol. The van der Waals surface area contributed by atoms with Crippen molar-refractivity contribution in [2.24, 2.45) is 10.4 Å². The van der Waals surface area contributed by atoms with E-state index in [4.69, 9.17) is 19.0 Å². The average Bonchev–Trinajstić information content (AvgIpc) is 0.800. The molecule has 1 aliphatic heterocycles. The number of carbonyl (C=O) groups is 3. The van der Waals surface area contributed by atoms with Gasteiger partial charge in [0.2, 0.25) is 5.91 Å². The molecule has 0 spiro atoms. The number of ether oxygens (including phenoxy) is 2. The van der Waals surface area contributed by atoms with Gasteiger partial charge in [0.25, 0.3) is 66.6 Å². The Morgan fingerprint density at radius 2 is 1.23 bits per heavy atom. The van der Waals surface area contributed by atoms with E-state index in [0.29, 0.717) is 25.2 Å². The van der Waals surface area contributed by atoms with Gasteiger partial charge in [-0.1, -0.05) is 44.2 Å². The van der Waals surface area contributed by atoms with Crippen LogP contribution in [0.15, 0.2) is 124 Å². The zero-order valence-electron chi connectivity index (χ0n) is 46.7. The van der Waals surface area contributed by atoms with E-state index in [1.165, 1.54) is 36.2 Å². The summed E-state index contributed by atoms with van der Waals surface area (Å²) < 4.78 is 229. The second-order valence-corrected chi connectivity index (χ2v) is 29.5.